The van der Waals surface area contributed by atoms with E-state index in [4.69, 9.17) is 19.4 Å². The summed E-state index contributed by atoms with van der Waals surface area (Å²) in [6, 6.07) is 12.6. The minimum absolute atomic E-state index is 0.0238. The van der Waals surface area contributed by atoms with Gasteiger partial charge in [0, 0.05) is 42.0 Å². The van der Waals surface area contributed by atoms with E-state index in [9.17, 15) is 4.79 Å². The Kier molecular flexibility index (Phi) is 6.10. The van der Waals surface area contributed by atoms with Crippen molar-refractivity contribution in [2.75, 3.05) is 24.6 Å². The Bertz CT molecular complexity index is 1550. The standard InChI is InChI=1S/C32H35N3O3/c1-19-18-24-22(9-11-26(34-24)35-15-6-7-16-35)29(27(19)31(20(2)36)38-32(3,4)5)23-8-10-25-28-21(13-17-37-25)12-14-33-30(23)28/h8-12,14,18,31H,6-7,13,15-17H2,1-5H3/t31-/m1/s1. The molecule has 6 heteroatoms. The highest BCUT2D eigenvalue weighted by atomic mass is 16.5. The van der Waals surface area contributed by atoms with E-state index in [1.165, 1.54) is 18.4 Å². The Hall–Kier alpha value is -3.51. The summed E-state index contributed by atoms with van der Waals surface area (Å²) in [6.07, 6.45) is 4.41. The highest BCUT2D eigenvalue weighted by Crippen LogP contribution is 2.45. The minimum Gasteiger partial charge on any atom is -0.493 e. The van der Waals surface area contributed by atoms with E-state index in [0.717, 1.165) is 75.1 Å². The van der Waals surface area contributed by atoms with Crippen LogP contribution in [0.4, 0.5) is 5.82 Å². The average Bonchev–Trinajstić information content (AvgIpc) is 3.42. The number of aromatic nitrogens is 2. The van der Waals surface area contributed by atoms with Gasteiger partial charge in [-0.05, 0) is 106 Å². The van der Waals surface area contributed by atoms with Crippen LogP contribution in [0.2, 0.25) is 0 Å². The van der Waals surface area contributed by atoms with Gasteiger partial charge >= 0.3 is 0 Å². The van der Waals surface area contributed by atoms with Crippen LogP contribution in [-0.2, 0) is 16.0 Å². The van der Waals surface area contributed by atoms with Crippen LogP contribution in [-0.4, -0.2) is 41.0 Å². The fourth-order valence-corrected chi connectivity index (χ4v) is 5.96. The Balaban J connectivity index is 1.68. The SMILES string of the molecule is CC(=O)[C@@H](OC(C)(C)C)c1c(C)cc2nc(N3CCCC3)ccc2c1-c1ccc2c3c(ccnc13)CCO2. The zero-order chi connectivity index (χ0) is 26.6. The van der Waals surface area contributed by atoms with Crippen molar-refractivity contribution in [3.05, 3.63) is 59.3 Å². The van der Waals surface area contributed by atoms with Gasteiger partial charge in [0.05, 0.1) is 23.2 Å². The number of carbonyl (C=O) groups is 1. The van der Waals surface area contributed by atoms with E-state index in [1.54, 1.807) is 6.92 Å². The maximum atomic E-state index is 13.2. The molecule has 2 aromatic heterocycles. The second kappa shape index (κ2) is 9.35. The van der Waals surface area contributed by atoms with E-state index in [1.807, 2.05) is 33.0 Å². The van der Waals surface area contributed by atoms with Crippen molar-refractivity contribution in [3.8, 4) is 16.9 Å². The summed E-state index contributed by atoms with van der Waals surface area (Å²) in [7, 11) is 0. The van der Waals surface area contributed by atoms with Gasteiger partial charge in [0.15, 0.2) is 5.78 Å². The molecule has 38 heavy (non-hydrogen) atoms. The van der Waals surface area contributed by atoms with Crippen molar-refractivity contribution >= 4 is 33.4 Å². The summed E-state index contributed by atoms with van der Waals surface area (Å²) < 4.78 is 12.5. The van der Waals surface area contributed by atoms with Crippen LogP contribution < -0.4 is 9.64 Å². The number of aryl methyl sites for hydroxylation is 1. The molecule has 1 atom stereocenters. The Labute approximate surface area is 224 Å². The van der Waals surface area contributed by atoms with Crippen LogP contribution in [0, 0.1) is 6.92 Å². The van der Waals surface area contributed by atoms with Gasteiger partial charge in [0.1, 0.15) is 17.7 Å². The summed E-state index contributed by atoms with van der Waals surface area (Å²) in [5, 5.41) is 2.05. The number of ether oxygens (including phenoxy) is 2. The van der Waals surface area contributed by atoms with Gasteiger partial charge in [0.25, 0.3) is 0 Å². The molecule has 0 amide bonds. The molecule has 4 heterocycles. The Morgan fingerprint density at radius 3 is 2.63 bits per heavy atom. The Morgan fingerprint density at radius 2 is 1.89 bits per heavy atom. The van der Waals surface area contributed by atoms with Crippen LogP contribution in [0.15, 0.2) is 42.6 Å². The van der Waals surface area contributed by atoms with Gasteiger partial charge < -0.3 is 14.4 Å². The molecule has 6 nitrogen and oxygen atoms in total. The van der Waals surface area contributed by atoms with Gasteiger partial charge in [-0.2, -0.15) is 0 Å². The second-order valence-electron chi connectivity index (χ2n) is 11.5. The molecule has 1 saturated heterocycles. The zero-order valence-corrected chi connectivity index (χ0v) is 22.9. The van der Waals surface area contributed by atoms with Crippen LogP contribution in [0.5, 0.6) is 5.75 Å². The quantitative estimate of drug-likeness (QED) is 0.297. The zero-order valence-electron chi connectivity index (χ0n) is 22.9. The smallest absolute Gasteiger partial charge is 0.163 e. The lowest BCUT2D eigenvalue weighted by Crippen LogP contribution is -2.27. The summed E-state index contributed by atoms with van der Waals surface area (Å²) in [5.41, 5.74) is 6.34. The minimum atomic E-state index is -0.713. The van der Waals surface area contributed by atoms with Crippen molar-refractivity contribution in [2.24, 2.45) is 0 Å². The maximum Gasteiger partial charge on any atom is 0.163 e. The molecule has 1 fully saturated rings. The van der Waals surface area contributed by atoms with Crippen molar-refractivity contribution < 1.29 is 14.3 Å². The number of benzene rings is 2. The molecule has 6 rings (SSSR count). The molecule has 2 aromatic carbocycles. The molecule has 4 aromatic rings. The van der Waals surface area contributed by atoms with E-state index in [0.29, 0.717) is 6.61 Å². The van der Waals surface area contributed by atoms with E-state index in [-0.39, 0.29) is 5.78 Å². The monoisotopic (exact) mass is 509 g/mol. The number of pyridine rings is 2. The third kappa shape index (κ3) is 4.31. The van der Waals surface area contributed by atoms with Crippen molar-refractivity contribution in [1.82, 2.24) is 9.97 Å². The van der Waals surface area contributed by atoms with E-state index in [2.05, 4.69) is 42.2 Å². The number of carbonyl (C=O) groups excluding carboxylic acids is 1. The predicted molar refractivity (Wildman–Crippen MR) is 152 cm³/mol. The van der Waals surface area contributed by atoms with Gasteiger partial charge in [-0.3, -0.25) is 9.78 Å². The van der Waals surface area contributed by atoms with Gasteiger partial charge in [-0.15, -0.1) is 0 Å². The molecule has 2 aliphatic heterocycles. The maximum absolute atomic E-state index is 13.2. The number of fused-ring (bicyclic) bond motifs is 1. The van der Waals surface area contributed by atoms with Gasteiger partial charge in [0.2, 0.25) is 0 Å². The lowest BCUT2D eigenvalue weighted by molar-refractivity contribution is -0.138. The summed E-state index contributed by atoms with van der Waals surface area (Å²) in [6.45, 7) is 12.4. The van der Waals surface area contributed by atoms with Gasteiger partial charge in [-0.25, -0.2) is 4.98 Å². The number of Topliss-reactive ketones (excluding diaryl/α,β-unsaturated/α-hetero) is 1. The average molecular weight is 510 g/mol. The number of rotatable bonds is 5. The number of hydrogen-bond acceptors (Lipinski definition) is 6. The molecule has 2 aliphatic rings. The lowest BCUT2D eigenvalue weighted by atomic mass is 9.85. The van der Waals surface area contributed by atoms with Gasteiger partial charge in [-0.1, -0.05) is 0 Å². The first-order chi connectivity index (χ1) is 18.2. The molecule has 0 saturated carbocycles. The third-order valence-electron chi connectivity index (χ3n) is 7.60. The van der Waals surface area contributed by atoms with Crippen LogP contribution in [0.3, 0.4) is 0 Å². The van der Waals surface area contributed by atoms with Crippen LogP contribution in [0.25, 0.3) is 32.9 Å². The number of anilines is 1. The highest BCUT2D eigenvalue weighted by molar-refractivity contribution is 6.08. The van der Waals surface area contributed by atoms with Crippen LogP contribution in [0.1, 0.15) is 63.3 Å². The summed E-state index contributed by atoms with van der Waals surface area (Å²) in [5.74, 6) is 1.84. The molecule has 0 spiro atoms. The number of hydrogen-bond donors (Lipinski definition) is 0. The summed E-state index contributed by atoms with van der Waals surface area (Å²) in [4.78, 5) is 25.5. The topological polar surface area (TPSA) is 64.5 Å². The third-order valence-corrected chi connectivity index (χ3v) is 7.60. The van der Waals surface area contributed by atoms with Crippen LogP contribution >= 0.6 is 0 Å². The largest absolute Gasteiger partial charge is 0.493 e. The van der Waals surface area contributed by atoms with Crippen molar-refractivity contribution in [3.63, 3.8) is 0 Å². The fraction of sp³-hybridized carbons (Fsp3) is 0.406. The van der Waals surface area contributed by atoms with Crippen molar-refractivity contribution in [1.29, 1.82) is 0 Å². The first kappa shape index (κ1) is 24.8. The molecule has 0 aliphatic carbocycles. The van der Waals surface area contributed by atoms with E-state index < -0.39 is 11.7 Å². The first-order valence-electron chi connectivity index (χ1n) is 13.6. The molecule has 0 unspecified atom stereocenters. The second-order valence-corrected chi connectivity index (χ2v) is 11.5. The van der Waals surface area contributed by atoms with Crippen molar-refractivity contribution in [2.45, 2.75) is 65.6 Å². The van der Waals surface area contributed by atoms with E-state index >= 15 is 0 Å². The lowest BCUT2D eigenvalue weighted by Gasteiger charge is -2.30. The molecule has 0 radical (unpaired) electrons. The normalized spacial score (nSPS) is 16.2. The molecule has 0 N–H and O–H groups in total. The first-order valence-corrected chi connectivity index (χ1v) is 13.6. The molecular weight excluding hydrogens is 474 g/mol. The number of nitrogens with zero attached hydrogens (tertiary/aromatic N) is 3. The fourth-order valence-electron chi connectivity index (χ4n) is 5.96. The number of ketones is 1. The molecule has 196 valence electrons. The highest BCUT2D eigenvalue weighted by Gasteiger charge is 2.31. The Morgan fingerprint density at radius 1 is 1.11 bits per heavy atom. The molecule has 0 bridgehead atoms. The molecular formula is C32H35N3O3. The predicted octanol–water partition coefficient (Wildman–Crippen LogP) is 6.74. The summed E-state index contributed by atoms with van der Waals surface area (Å²) >= 11 is 0.